The van der Waals surface area contributed by atoms with Crippen LogP contribution in [0.5, 0.6) is 0 Å². The molecule has 0 aliphatic heterocycles. The second-order valence-electron chi connectivity index (χ2n) is 5.48. The molecule has 0 fully saturated rings. The van der Waals surface area contributed by atoms with Gasteiger partial charge in [0.15, 0.2) is 5.16 Å². The number of carbonyl (C=O) groups excluding carboxylic acids is 3. The van der Waals surface area contributed by atoms with Crippen molar-refractivity contribution in [1.29, 1.82) is 0 Å². The van der Waals surface area contributed by atoms with Crippen LogP contribution < -0.4 is 5.32 Å². The normalized spacial score (nSPS) is 10.5. The molecule has 0 aromatic carbocycles. The maximum Gasteiger partial charge on any atom is 0.348 e. The van der Waals surface area contributed by atoms with E-state index in [1.165, 1.54) is 26.0 Å². The first kappa shape index (κ1) is 21.0. The van der Waals surface area contributed by atoms with Gasteiger partial charge in [0.25, 0.3) is 0 Å². The fourth-order valence-electron chi connectivity index (χ4n) is 2.38. The molecule has 0 unspecified atom stereocenters. The molecule has 27 heavy (non-hydrogen) atoms. The van der Waals surface area contributed by atoms with Crippen molar-refractivity contribution >= 4 is 45.9 Å². The number of hydrogen-bond donors (Lipinski definition) is 1. The molecule has 0 aliphatic carbocycles. The van der Waals surface area contributed by atoms with E-state index in [4.69, 9.17) is 9.47 Å². The van der Waals surface area contributed by atoms with Gasteiger partial charge in [-0.1, -0.05) is 18.7 Å². The number of hydrogen-bond acceptors (Lipinski definition) is 8. The Morgan fingerprint density at radius 3 is 2.59 bits per heavy atom. The first-order valence-electron chi connectivity index (χ1n) is 8.16. The lowest BCUT2D eigenvalue weighted by Gasteiger charge is -2.07. The third-order valence-electron chi connectivity index (χ3n) is 3.63. The Balaban J connectivity index is 2.15. The van der Waals surface area contributed by atoms with Crippen LogP contribution in [0.4, 0.5) is 5.00 Å². The molecule has 0 bridgehead atoms. The summed E-state index contributed by atoms with van der Waals surface area (Å²) >= 11 is 2.29. The van der Waals surface area contributed by atoms with Crippen LogP contribution in [0.15, 0.2) is 17.6 Å². The van der Waals surface area contributed by atoms with Gasteiger partial charge in [0, 0.05) is 18.9 Å². The highest BCUT2D eigenvalue weighted by molar-refractivity contribution is 7.99. The molecule has 2 aromatic heterocycles. The van der Waals surface area contributed by atoms with Crippen molar-refractivity contribution < 1.29 is 23.9 Å². The summed E-state index contributed by atoms with van der Waals surface area (Å²) in [5, 5.41) is 3.71. The van der Waals surface area contributed by atoms with Crippen LogP contribution in [0.25, 0.3) is 0 Å². The number of esters is 2. The van der Waals surface area contributed by atoms with Crippen molar-refractivity contribution in [3.8, 4) is 0 Å². The zero-order valence-corrected chi connectivity index (χ0v) is 17.2. The van der Waals surface area contributed by atoms with Crippen molar-refractivity contribution in [2.24, 2.45) is 0 Å². The van der Waals surface area contributed by atoms with Gasteiger partial charge in [0.2, 0.25) is 5.91 Å². The molecule has 1 N–H and O–H groups in total. The lowest BCUT2D eigenvalue weighted by atomic mass is 10.1. The number of nitrogens with zero attached hydrogens (tertiary/aromatic N) is 2. The average molecular weight is 412 g/mol. The van der Waals surface area contributed by atoms with Crippen molar-refractivity contribution in [3.63, 3.8) is 0 Å². The Labute approximate surface area is 165 Å². The maximum absolute atomic E-state index is 12.4. The zero-order valence-electron chi connectivity index (χ0n) is 15.5. The van der Waals surface area contributed by atoms with E-state index in [0.29, 0.717) is 5.56 Å². The summed E-state index contributed by atoms with van der Waals surface area (Å²) in [5.74, 6) is -1.39. The Bertz CT molecular complexity index is 844. The summed E-state index contributed by atoms with van der Waals surface area (Å²) in [6.45, 7) is 4.50. The number of aromatic nitrogens is 2. The third-order valence-corrected chi connectivity index (χ3v) is 5.83. The summed E-state index contributed by atoms with van der Waals surface area (Å²) in [6, 6.07) is 0. The van der Waals surface area contributed by atoms with Crippen LogP contribution >= 0.6 is 23.1 Å². The van der Waals surface area contributed by atoms with E-state index < -0.39 is 11.9 Å². The van der Waals surface area contributed by atoms with E-state index in [2.05, 4.69) is 17.2 Å². The number of amides is 1. The Morgan fingerprint density at radius 1 is 1.26 bits per heavy atom. The van der Waals surface area contributed by atoms with E-state index in [1.807, 2.05) is 10.8 Å². The molecule has 0 spiro atoms. The van der Waals surface area contributed by atoms with Gasteiger partial charge in [-0.05, 0) is 18.9 Å². The van der Waals surface area contributed by atoms with Gasteiger partial charge in [-0.25, -0.2) is 14.6 Å². The highest BCUT2D eigenvalue weighted by Crippen LogP contribution is 2.34. The van der Waals surface area contributed by atoms with E-state index in [9.17, 15) is 14.4 Å². The predicted molar refractivity (Wildman–Crippen MR) is 104 cm³/mol. The van der Waals surface area contributed by atoms with Crippen molar-refractivity contribution in [1.82, 2.24) is 9.55 Å². The largest absolute Gasteiger partial charge is 0.465 e. The van der Waals surface area contributed by atoms with Crippen molar-refractivity contribution in [2.45, 2.75) is 32.0 Å². The van der Waals surface area contributed by atoms with Crippen molar-refractivity contribution in [3.05, 3.63) is 28.4 Å². The minimum absolute atomic E-state index is 0.117. The highest BCUT2D eigenvalue weighted by Gasteiger charge is 2.26. The summed E-state index contributed by atoms with van der Waals surface area (Å²) in [4.78, 5) is 40.8. The minimum atomic E-state index is -0.625. The number of thiophene rings is 1. The fourth-order valence-corrected chi connectivity index (χ4v) is 4.29. The predicted octanol–water partition coefficient (Wildman–Crippen LogP) is 2.97. The van der Waals surface area contributed by atoms with Crippen molar-refractivity contribution in [2.75, 3.05) is 25.3 Å². The number of thioether (sulfide) groups is 1. The molecule has 146 valence electrons. The molecule has 0 radical (unpaired) electrons. The topological polar surface area (TPSA) is 99.5 Å². The number of methoxy groups -OCH3 is 2. The second-order valence-corrected chi connectivity index (χ2v) is 7.45. The second kappa shape index (κ2) is 9.56. The van der Waals surface area contributed by atoms with Crippen LogP contribution in [-0.2, 0) is 20.8 Å². The highest BCUT2D eigenvalue weighted by atomic mass is 32.2. The molecule has 0 atom stereocenters. The van der Waals surface area contributed by atoms with Gasteiger partial charge in [-0.3, -0.25) is 4.79 Å². The quantitative estimate of drug-likeness (QED) is 0.526. The molecular formula is C17H21N3O5S2. The van der Waals surface area contributed by atoms with Crippen LogP contribution in [0.1, 0.15) is 38.9 Å². The van der Waals surface area contributed by atoms with Crippen LogP contribution in [0.2, 0.25) is 0 Å². The van der Waals surface area contributed by atoms with E-state index in [-0.39, 0.29) is 27.1 Å². The Morgan fingerprint density at radius 2 is 1.96 bits per heavy atom. The first-order chi connectivity index (χ1) is 12.9. The third kappa shape index (κ3) is 4.89. The maximum atomic E-state index is 12.4. The monoisotopic (exact) mass is 411 g/mol. The molecule has 2 aromatic rings. The molecule has 0 saturated carbocycles. The lowest BCUT2D eigenvalue weighted by Crippen LogP contribution is -2.16. The number of carbonyl (C=O) groups is 3. The summed E-state index contributed by atoms with van der Waals surface area (Å²) < 4.78 is 11.5. The molecule has 2 heterocycles. The molecule has 8 nitrogen and oxygen atoms in total. The minimum Gasteiger partial charge on any atom is -0.465 e. The van der Waals surface area contributed by atoms with Gasteiger partial charge < -0.3 is 19.4 Å². The van der Waals surface area contributed by atoms with Crippen LogP contribution in [0, 0.1) is 6.92 Å². The standard InChI is InChI=1S/C17H21N3O5S2/c1-5-7-20-8-6-18-17(20)26-9-11(21)19-14-12(15(22)24-3)10(2)13(27-14)16(23)25-4/h6,8H,5,7,9H2,1-4H3,(H,19,21). The number of ether oxygens (including phenoxy) is 2. The van der Waals surface area contributed by atoms with Gasteiger partial charge in [0.05, 0.1) is 25.5 Å². The molecule has 2 rings (SSSR count). The summed E-state index contributed by atoms with van der Waals surface area (Å²) in [7, 11) is 2.50. The number of rotatable bonds is 8. The fraction of sp³-hybridized carbons (Fsp3) is 0.412. The average Bonchev–Trinajstić information content (AvgIpc) is 3.23. The SMILES string of the molecule is CCCn1ccnc1SCC(=O)Nc1sc(C(=O)OC)c(C)c1C(=O)OC. The van der Waals surface area contributed by atoms with E-state index >= 15 is 0 Å². The van der Waals surface area contributed by atoms with E-state index in [0.717, 1.165) is 29.5 Å². The first-order valence-corrected chi connectivity index (χ1v) is 9.96. The molecular weight excluding hydrogens is 390 g/mol. The number of imidazole rings is 1. The zero-order chi connectivity index (χ0) is 20.0. The molecule has 0 saturated heterocycles. The Kier molecular flexibility index (Phi) is 7.43. The number of anilines is 1. The van der Waals surface area contributed by atoms with E-state index in [1.54, 1.807) is 13.1 Å². The smallest absolute Gasteiger partial charge is 0.348 e. The van der Waals surface area contributed by atoms with Gasteiger partial charge in [-0.15, -0.1) is 11.3 Å². The van der Waals surface area contributed by atoms with Gasteiger partial charge in [0.1, 0.15) is 9.88 Å². The van der Waals surface area contributed by atoms with Gasteiger partial charge in [-0.2, -0.15) is 0 Å². The number of nitrogens with one attached hydrogen (secondary N) is 1. The number of aryl methyl sites for hydroxylation is 1. The molecule has 0 aliphatic rings. The van der Waals surface area contributed by atoms with Crippen LogP contribution in [0.3, 0.4) is 0 Å². The van der Waals surface area contributed by atoms with Crippen LogP contribution in [-0.4, -0.2) is 47.4 Å². The van der Waals surface area contributed by atoms with Gasteiger partial charge >= 0.3 is 11.9 Å². The molecule has 1 amide bonds. The summed E-state index contributed by atoms with van der Waals surface area (Å²) in [6.07, 6.45) is 4.52. The lowest BCUT2D eigenvalue weighted by molar-refractivity contribution is -0.113. The Hall–Kier alpha value is -2.33. The summed E-state index contributed by atoms with van der Waals surface area (Å²) in [5.41, 5.74) is 0.578. The molecule has 10 heteroatoms.